The predicted octanol–water partition coefficient (Wildman–Crippen LogP) is 4.34. The van der Waals surface area contributed by atoms with E-state index in [1.165, 1.54) is 0 Å². The van der Waals surface area contributed by atoms with Gasteiger partial charge in [0.2, 0.25) is 0 Å². The standard InChI is InChI=1S/C21H28N2O2/c1-4-13-25-21(24)23(15-20(22)16(3)5-2)14-18-11-8-10-17-9-6-7-12-19(17)18/h4,6-12,16,20H,1,5,13-15,22H2,2-3H3/t16-,20+/m0/s1. The van der Waals surface area contributed by atoms with Crippen molar-refractivity contribution in [1.82, 2.24) is 4.90 Å². The van der Waals surface area contributed by atoms with E-state index >= 15 is 0 Å². The fourth-order valence-corrected chi connectivity index (χ4v) is 2.80. The molecule has 0 saturated carbocycles. The average molecular weight is 340 g/mol. The predicted molar refractivity (Wildman–Crippen MR) is 103 cm³/mol. The van der Waals surface area contributed by atoms with E-state index in [1.807, 2.05) is 24.3 Å². The van der Waals surface area contributed by atoms with Gasteiger partial charge in [0.25, 0.3) is 0 Å². The molecule has 0 radical (unpaired) electrons. The van der Waals surface area contributed by atoms with Crippen LogP contribution in [0.2, 0.25) is 0 Å². The molecule has 0 unspecified atom stereocenters. The second-order valence-electron chi connectivity index (χ2n) is 6.43. The molecule has 2 aromatic rings. The zero-order chi connectivity index (χ0) is 18.2. The van der Waals surface area contributed by atoms with Gasteiger partial charge in [-0.05, 0) is 22.3 Å². The van der Waals surface area contributed by atoms with Crippen LogP contribution in [0.4, 0.5) is 4.79 Å². The van der Waals surface area contributed by atoms with Crippen molar-refractivity contribution in [3.63, 3.8) is 0 Å². The number of ether oxygens (including phenoxy) is 1. The quantitative estimate of drug-likeness (QED) is 0.727. The van der Waals surface area contributed by atoms with Crippen LogP contribution in [-0.2, 0) is 11.3 Å². The van der Waals surface area contributed by atoms with Gasteiger partial charge in [-0.1, -0.05) is 75.4 Å². The molecule has 25 heavy (non-hydrogen) atoms. The maximum Gasteiger partial charge on any atom is 0.410 e. The third-order valence-electron chi connectivity index (χ3n) is 4.63. The summed E-state index contributed by atoms with van der Waals surface area (Å²) >= 11 is 0. The highest BCUT2D eigenvalue weighted by atomic mass is 16.6. The van der Waals surface area contributed by atoms with Gasteiger partial charge in [-0.2, -0.15) is 0 Å². The van der Waals surface area contributed by atoms with Crippen LogP contribution in [0.1, 0.15) is 25.8 Å². The second kappa shape index (κ2) is 9.23. The Morgan fingerprint density at radius 1 is 1.28 bits per heavy atom. The highest BCUT2D eigenvalue weighted by molar-refractivity contribution is 5.86. The summed E-state index contributed by atoms with van der Waals surface area (Å²) in [5.41, 5.74) is 7.38. The molecular weight excluding hydrogens is 312 g/mol. The fourth-order valence-electron chi connectivity index (χ4n) is 2.80. The normalized spacial score (nSPS) is 13.2. The molecule has 2 rings (SSSR count). The molecule has 0 aliphatic rings. The summed E-state index contributed by atoms with van der Waals surface area (Å²) in [5.74, 6) is 0.335. The van der Waals surface area contributed by atoms with Crippen LogP contribution in [0.15, 0.2) is 55.1 Å². The summed E-state index contributed by atoms with van der Waals surface area (Å²) in [7, 11) is 0. The zero-order valence-electron chi connectivity index (χ0n) is 15.2. The molecule has 4 heteroatoms. The maximum atomic E-state index is 12.5. The first kappa shape index (κ1) is 19.0. The van der Waals surface area contributed by atoms with Crippen molar-refractivity contribution in [3.05, 3.63) is 60.7 Å². The molecule has 2 N–H and O–H groups in total. The van der Waals surface area contributed by atoms with E-state index in [0.29, 0.717) is 19.0 Å². The third kappa shape index (κ3) is 5.07. The van der Waals surface area contributed by atoms with Crippen LogP contribution in [0, 0.1) is 5.92 Å². The van der Waals surface area contributed by atoms with Gasteiger partial charge in [0, 0.05) is 19.1 Å². The van der Waals surface area contributed by atoms with Crippen molar-refractivity contribution in [2.75, 3.05) is 13.2 Å². The van der Waals surface area contributed by atoms with E-state index in [1.54, 1.807) is 11.0 Å². The maximum absolute atomic E-state index is 12.5. The van der Waals surface area contributed by atoms with E-state index in [-0.39, 0.29) is 18.7 Å². The molecule has 0 heterocycles. The van der Waals surface area contributed by atoms with Crippen molar-refractivity contribution in [1.29, 1.82) is 0 Å². The number of hydrogen-bond acceptors (Lipinski definition) is 3. The van der Waals surface area contributed by atoms with Gasteiger partial charge in [-0.15, -0.1) is 0 Å². The third-order valence-corrected chi connectivity index (χ3v) is 4.63. The molecule has 0 aliphatic carbocycles. The van der Waals surface area contributed by atoms with Gasteiger partial charge < -0.3 is 15.4 Å². The molecule has 0 spiro atoms. The van der Waals surface area contributed by atoms with Gasteiger partial charge in [0.1, 0.15) is 6.61 Å². The monoisotopic (exact) mass is 340 g/mol. The number of carbonyl (C=O) groups is 1. The van der Waals surface area contributed by atoms with Gasteiger partial charge >= 0.3 is 6.09 Å². The first-order valence-corrected chi connectivity index (χ1v) is 8.81. The minimum absolute atomic E-state index is 0.0868. The number of rotatable bonds is 8. The fraction of sp³-hybridized carbons (Fsp3) is 0.381. The Kier molecular flexibility index (Phi) is 7.02. The Bertz CT molecular complexity index is 709. The molecule has 1 amide bonds. The Morgan fingerprint density at radius 2 is 2.00 bits per heavy atom. The molecule has 2 atom stereocenters. The number of nitrogens with two attached hydrogens (primary N) is 1. The van der Waals surface area contributed by atoms with Crippen molar-refractivity contribution in [3.8, 4) is 0 Å². The van der Waals surface area contributed by atoms with Gasteiger partial charge in [0.15, 0.2) is 0 Å². The lowest BCUT2D eigenvalue weighted by molar-refractivity contribution is 0.104. The second-order valence-corrected chi connectivity index (χ2v) is 6.43. The highest BCUT2D eigenvalue weighted by Crippen LogP contribution is 2.21. The minimum atomic E-state index is -0.355. The lowest BCUT2D eigenvalue weighted by Gasteiger charge is -2.28. The van der Waals surface area contributed by atoms with E-state index < -0.39 is 0 Å². The molecule has 0 aliphatic heterocycles. The van der Waals surface area contributed by atoms with Crippen molar-refractivity contribution in [2.24, 2.45) is 11.7 Å². The number of nitrogens with zero attached hydrogens (tertiary/aromatic N) is 1. The highest BCUT2D eigenvalue weighted by Gasteiger charge is 2.21. The van der Waals surface area contributed by atoms with Crippen LogP contribution in [0.5, 0.6) is 0 Å². The van der Waals surface area contributed by atoms with Crippen LogP contribution in [0.25, 0.3) is 10.8 Å². The largest absolute Gasteiger partial charge is 0.445 e. The summed E-state index contributed by atoms with van der Waals surface area (Å²) in [6.07, 6.45) is 2.19. The molecule has 0 fully saturated rings. The summed E-state index contributed by atoms with van der Waals surface area (Å²) in [5, 5.41) is 2.30. The first-order chi connectivity index (χ1) is 12.1. The Hall–Kier alpha value is -2.33. The number of fused-ring (bicyclic) bond motifs is 1. The summed E-state index contributed by atoms with van der Waals surface area (Å²) in [4.78, 5) is 14.2. The van der Waals surface area contributed by atoms with Crippen molar-refractivity contribution >= 4 is 16.9 Å². The summed E-state index contributed by atoms with van der Waals surface area (Å²) < 4.78 is 5.27. The van der Waals surface area contributed by atoms with Crippen LogP contribution < -0.4 is 5.73 Å². The zero-order valence-corrected chi connectivity index (χ0v) is 15.2. The molecule has 2 aromatic carbocycles. The number of benzene rings is 2. The average Bonchev–Trinajstić information content (AvgIpc) is 2.64. The van der Waals surface area contributed by atoms with Gasteiger partial charge in [0.05, 0.1) is 0 Å². The molecular formula is C21H28N2O2. The Balaban J connectivity index is 2.24. The lowest BCUT2D eigenvalue weighted by atomic mass is 9.99. The van der Waals surface area contributed by atoms with Crippen LogP contribution in [-0.4, -0.2) is 30.2 Å². The molecule has 0 aromatic heterocycles. The van der Waals surface area contributed by atoms with E-state index in [0.717, 1.165) is 22.8 Å². The molecule has 4 nitrogen and oxygen atoms in total. The molecule has 134 valence electrons. The smallest absolute Gasteiger partial charge is 0.410 e. The Labute approximate surface area is 150 Å². The molecule has 0 saturated heterocycles. The van der Waals surface area contributed by atoms with Crippen LogP contribution >= 0.6 is 0 Å². The minimum Gasteiger partial charge on any atom is -0.445 e. The van der Waals surface area contributed by atoms with E-state index in [4.69, 9.17) is 10.5 Å². The van der Waals surface area contributed by atoms with E-state index in [2.05, 4.69) is 38.6 Å². The van der Waals surface area contributed by atoms with E-state index in [9.17, 15) is 4.79 Å². The SMILES string of the molecule is C=CCOC(=O)N(Cc1cccc2ccccc12)C[C@@H](N)[C@@H](C)CC. The van der Waals surface area contributed by atoms with Crippen molar-refractivity contribution < 1.29 is 9.53 Å². The van der Waals surface area contributed by atoms with Gasteiger partial charge in [-0.25, -0.2) is 4.79 Å². The molecule has 0 bridgehead atoms. The summed E-state index contributed by atoms with van der Waals surface area (Å²) in [6, 6.07) is 14.2. The van der Waals surface area contributed by atoms with Crippen LogP contribution in [0.3, 0.4) is 0 Å². The number of carbonyl (C=O) groups excluding carboxylic acids is 1. The summed E-state index contributed by atoms with van der Waals surface area (Å²) in [6.45, 7) is 8.95. The number of hydrogen-bond donors (Lipinski definition) is 1. The first-order valence-electron chi connectivity index (χ1n) is 8.81. The van der Waals surface area contributed by atoms with Crippen molar-refractivity contribution in [2.45, 2.75) is 32.9 Å². The van der Waals surface area contributed by atoms with Gasteiger partial charge in [-0.3, -0.25) is 0 Å². The number of amides is 1. The topological polar surface area (TPSA) is 55.6 Å². The Morgan fingerprint density at radius 3 is 2.72 bits per heavy atom. The lowest BCUT2D eigenvalue weighted by Crippen LogP contribution is -2.44.